The van der Waals surface area contributed by atoms with E-state index in [-0.39, 0.29) is 11.3 Å². The molecule has 0 saturated carbocycles. The second kappa shape index (κ2) is 7.86. The molecule has 0 aliphatic carbocycles. The summed E-state index contributed by atoms with van der Waals surface area (Å²) < 4.78 is 15.6. The largest absolute Gasteiger partial charge is 0.494 e. The first kappa shape index (κ1) is 18.4. The van der Waals surface area contributed by atoms with Gasteiger partial charge in [-0.25, -0.2) is 9.59 Å². The number of Topliss-reactive ketones (excluding diaryl/α,β-unsaturated/α-hetero) is 1. The topological polar surface area (TPSA) is 82.8 Å². The summed E-state index contributed by atoms with van der Waals surface area (Å²) in [4.78, 5) is 36.8. The standard InChI is InChI=1S/C21H18O6/c1-3-25-16-10-8-14(9-11-16)19(22)13(2)26-20(23)17-12-15-6-4-5-7-18(15)27-21(17)24/h4-13H,3H2,1-2H3/t13-/m0/s1. The summed E-state index contributed by atoms with van der Waals surface area (Å²) in [5.41, 5.74) is -0.304. The SMILES string of the molecule is CCOc1ccc(C(=O)[C@H](C)OC(=O)c2cc3ccccc3oc2=O)cc1. The van der Waals surface area contributed by atoms with Gasteiger partial charge in [-0.1, -0.05) is 18.2 Å². The summed E-state index contributed by atoms with van der Waals surface area (Å²) in [6.07, 6.45) is -1.05. The summed E-state index contributed by atoms with van der Waals surface area (Å²) in [6.45, 7) is 3.85. The van der Waals surface area contributed by atoms with Crippen LogP contribution in [-0.2, 0) is 4.74 Å². The Morgan fingerprint density at radius 1 is 1.07 bits per heavy atom. The molecule has 0 saturated heterocycles. The lowest BCUT2D eigenvalue weighted by Gasteiger charge is -2.12. The third-order valence-corrected chi connectivity index (χ3v) is 3.96. The molecule has 0 spiro atoms. The van der Waals surface area contributed by atoms with Crippen molar-refractivity contribution in [2.75, 3.05) is 6.61 Å². The third kappa shape index (κ3) is 4.06. The molecule has 0 fully saturated rings. The highest BCUT2D eigenvalue weighted by Crippen LogP contribution is 2.16. The van der Waals surface area contributed by atoms with Crippen LogP contribution in [0, 0.1) is 0 Å². The molecule has 27 heavy (non-hydrogen) atoms. The average Bonchev–Trinajstić information content (AvgIpc) is 2.67. The van der Waals surface area contributed by atoms with E-state index in [1.807, 2.05) is 6.92 Å². The second-order valence-corrected chi connectivity index (χ2v) is 5.85. The number of esters is 1. The van der Waals surface area contributed by atoms with Crippen molar-refractivity contribution >= 4 is 22.7 Å². The molecular formula is C21H18O6. The summed E-state index contributed by atoms with van der Waals surface area (Å²) in [5, 5.41) is 0.592. The maximum absolute atomic E-state index is 12.5. The molecule has 0 bridgehead atoms. The van der Waals surface area contributed by atoms with Crippen molar-refractivity contribution in [2.45, 2.75) is 20.0 Å². The molecule has 1 heterocycles. The molecule has 3 rings (SSSR count). The minimum atomic E-state index is -1.05. The van der Waals surface area contributed by atoms with E-state index in [4.69, 9.17) is 13.9 Å². The number of hydrogen-bond donors (Lipinski definition) is 0. The number of ketones is 1. The van der Waals surface area contributed by atoms with Crippen molar-refractivity contribution in [1.29, 1.82) is 0 Å². The highest BCUT2D eigenvalue weighted by molar-refractivity contribution is 6.01. The van der Waals surface area contributed by atoms with Gasteiger partial charge in [-0.05, 0) is 50.2 Å². The minimum Gasteiger partial charge on any atom is -0.494 e. The summed E-state index contributed by atoms with van der Waals surface area (Å²) in [6, 6.07) is 14.8. The highest BCUT2D eigenvalue weighted by atomic mass is 16.5. The smallest absolute Gasteiger partial charge is 0.351 e. The number of rotatable bonds is 6. The lowest BCUT2D eigenvalue weighted by molar-refractivity contribution is 0.0315. The fourth-order valence-corrected chi connectivity index (χ4v) is 2.60. The predicted octanol–water partition coefficient (Wildman–Crippen LogP) is 3.62. The third-order valence-electron chi connectivity index (χ3n) is 3.96. The second-order valence-electron chi connectivity index (χ2n) is 5.85. The van der Waals surface area contributed by atoms with E-state index in [0.717, 1.165) is 0 Å². The van der Waals surface area contributed by atoms with Crippen LogP contribution in [0.4, 0.5) is 0 Å². The Balaban J connectivity index is 1.76. The van der Waals surface area contributed by atoms with Crippen LogP contribution >= 0.6 is 0 Å². The van der Waals surface area contributed by atoms with Gasteiger partial charge in [0.25, 0.3) is 0 Å². The van der Waals surface area contributed by atoms with Crippen LogP contribution < -0.4 is 10.4 Å². The normalized spacial score (nSPS) is 11.8. The number of ether oxygens (including phenoxy) is 2. The molecule has 0 N–H and O–H groups in total. The van der Waals surface area contributed by atoms with E-state index >= 15 is 0 Å². The van der Waals surface area contributed by atoms with Crippen LogP contribution in [0.3, 0.4) is 0 Å². The Morgan fingerprint density at radius 3 is 2.48 bits per heavy atom. The summed E-state index contributed by atoms with van der Waals surface area (Å²) in [7, 11) is 0. The molecule has 1 atom stereocenters. The van der Waals surface area contributed by atoms with Crippen molar-refractivity contribution in [2.24, 2.45) is 0 Å². The Hall–Kier alpha value is -3.41. The lowest BCUT2D eigenvalue weighted by atomic mass is 10.1. The molecule has 2 aromatic carbocycles. The van der Waals surface area contributed by atoms with Crippen molar-refractivity contribution in [3.05, 3.63) is 76.1 Å². The number of para-hydroxylation sites is 1. The van der Waals surface area contributed by atoms with E-state index in [2.05, 4.69) is 0 Å². The van der Waals surface area contributed by atoms with Gasteiger partial charge in [-0.15, -0.1) is 0 Å². The zero-order valence-electron chi connectivity index (χ0n) is 14.9. The quantitative estimate of drug-likeness (QED) is 0.376. The van der Waals surface area contributed by atoms with Crippen LogP contribution in [0.1, 0.15) is 34.6 Å². The average molecular weight is 366 g/mol. The predicted molar refractivity (Wildman–Crippen MR) is 99.3 cm³/mol. The molecule has 0 amide bonds. The van der Waals surface area contributed by atoms with Gasteiger partial charge in [0.05, 0.1) is 6.61 Å². The fourth-order valence-electron chi connectivity index (χ4n) is 2.60. The van der Waals surface area contributed by atoms with Gasteiger partial charge in [-0.3, -0.25) is 4.79 Å². The van der Waals surface area contributed by atoms with E-state index < -0.39 is 17.7 Å². The summed E-state index contributed by atoms with van der Waals surface area (Å²) >= 11 is 0. The van der Waals surface area contributed by atoms with Crippen LogP contribution in [0.5, 0.6) is 5.75 Å². The number of carbonyl (C=O) groups is 2. The monoisotopic (exact) mass is 366 g/mol. The van der Waals surface area contributed by atoms with Gasteiger partial charge in [0.1, 0.15) is 16.9 Å². The van der Waals surface area contributed by atoms with Gasteiger partial charge >= 0.3 is 11.6 Å². The van der Waals surface area contributed by atoms with Crippen molar-refractivity contribution in [3.8, 4) is 5.75 Å². The Kier molecular flexibility index (Phi) is 5.35. The van der Waals surface area contributed by atoms with Crippen LogP contribution in [-0.4, -0.2) is 24.5 Å². The van der Waals surface area contributed by atoms with Gasteiger partial charge in [-0.2, -0.15) is 0 Å². The molecule has 1 aromatic heterocycles. The highest BCUT2D eigenvalue weighted by Gasteiger charge is 2.23. The van der Waals surface area contributed by atoms with Gasteiger partial charge in [0.2, 0.25) is 5.78 Å². The summed E-state index contributed by atoms with van der Waals surface area (Å²) in [5.74, 6) is -0.634. The number of hydrogen-bond acceptors (Lipinski definition) is 6. The molecule has 0 unspecified atom stereocenters. The molecule has 0 radical (unpaired) electrons. The van der Waals surface area contributed by atoms with E-state index in [1.165, 1.54) is 13.0 Å². The zero-order chi connectivity index (χ0) is 19.4. The molecule has 3 aromatic rings. The first-order valence-corrected chi connectivity index (χ1v) is 8.50. The Bertz CT molecular complexity index is 1030. The van der Waals surface area contributed by atoms with Crippen molar-refractivity contribution < 1.29 is 23.5 Å². The van der Waals surface area contributed by atoms with Crippen LogP contribution in [0.2, 0.25) is 0 Å². The molecule has 138 valence electrons. The van der Waals surface area contributed by atoms with Crippen LogP contribution in [0.25, 0.3) is 11.0 Å². The Labute approximate surface area is 155 Å². The Morgan fingerprint density at radius 2 is 1.78 bits per heavy atom. The molecule has 6 nitrogen and oxygen atoms in total. The van der Waals surface area contributed by atoms with Gasteiger partial charge in [0, 0.05) is 10.9 Å². The van der Waals surface area contributed by atoms with E-state index in [0.29, 0.717) is 28.9 Å². The van der Waals surface area contributed by atoms with Gasteiger partial charge in [0.15, 0.2) is 6.10 Å². The number of fused-ring (bicyclic) bond motifs is 1. The van der Waals surface area contributed by atoms with Crippen molar-refractivity contribution in [3.63, 3.8) is 0 Å². The maximum atomic E-state index is 12.5. The molecular weight excluding hydrogens is 348 g/mol. The lowest BCUT2D eigenvalue weighted by Crippen LogP contribution is -2.27. The maximum Gasteiger partial charge on any atom is 0.351 e. The molecule has 6 heteroatoms. The molecule has 0 aliphatic rings. The number of carbonyl (C=O) groups excluding carboxylic acids is 2. The number of benzene rings is 2. The molecule has 0 aliphatic heterocycles. The minimum absolute atomic E-state index is 0.250. The fraction of sp³-hybridized carbons (Fsp3) is 0.190. The first-order chi connectivity index (χ1) is 13.0. The van der Waals surface area contributed by atoms with Gasteiger partial charge < -0.3 is 13.9 Å². The van der Waals surface area contributed by atoms with Crippen molar-refractivity contribution in [1.82, 2.24) is 0 Å². The zero-order valence-corrected chi connectivity index (χ0v) is 14.9. The first-order valence-electron chi connectivity index (χ1n) is 8.50. The van der Waals surface area contributed by atoms with E-state index in [9.17, 15) is 14.4 Å². The van der Waals surface area contributed by atoms with Crippen LogP contribution in [0.15, 0.2) is 63.8 Å². The van der Waals surface area contributed by atoms with E-state index in [1.54, 1.807) is 48.5 Å².